The molecule has 0 aliphatic rings. The van der Waals surface area contributed by atoms with E-state index in [9.17, 15) is 0 Å². The largest absolute Gasteiger partial charge is 0.310 e. The molecule has 0 aliphatic carbocycles. The SMILES string of the molecule is Cc1ccccc1N(c1ccc2c(c1)sc1ccccc12)c1ccc2ccccc2c1-c1ccc2ccccc2c1. The van der Waals surface area contributed by atoms with Crippen LogP contribution < -0.4 is 4.90 Å². The van der Waals surface area contributed by atoms with E-state index < -0.39 is 0 Å². The summed E-state index contributed by atoms with van der Waals surface area (Å²) < 4.78 is 2.62. The van der Waals surface area contributed by atoms with Gasteiger partial charge in [0, 0.05) is 37.1 Å². The molecule has 0 amide bonds. The Kier molecular flexibility index (Phi) is 5.61. The zero-order valence-electron chi connectivity index (χ0n) is 22.7. The number of thiophene rings is 1. The number of benzene rings is 7. The summed E-state index contributed by atoms with van der Waals surface area (Å²) in [5, 5.41) is 7.63. The maximum Gasteiger partial charge on any atom is 0.0546 e. The number of rotatable bonds is 4. The van der Waals surface area contributed by atoms with E-state index in [2.05, 4.69) is 157 Å². The number of hydrogen-bond donors (Lipinski definition) is 0. The third-order valence-electron chi connectivity index (χ3n) is 8.16. The Morgan fingerprint density at radius 3 is 2.02 bits per heavy atom. The van der Waals surface area contributed by atoms with Crippen LogP contribution in [0.2, 0.25) is 0 Å². The Bertz CT molecular complexity index is 2240. The first kappa shape index (κ1) is 23.9. The molecule has 1 heterocycles. The van der Waals surface area contributed by atoms with Gasteiger partial charge in [0.1, 0.15) is 0 Å². The number of hydrogen-bond acceptors (Lipinski definition) is 2. The lowest BCUT2D eigenvalue weighted by Gasteiger charge is -2.30. The maximum atomic E-state index is 2.45. The Hall–Kier alpha value is -4.92. The normalized spacial score (nSPS) is 11.5. The predicted octanol–water partition coefficient (Wildman–Crippen LogP) is 11.8. The third-order valence-corrected chi connectivity index (χ3v) is 9.30. The Balaban J connectivity index is 1.44. The average molecular weight is 542 g/mol. The molecule has 0 unspecified atom stereocenters. The van der Waals surface area contributed by atoms with Crippen LogP contribution in [0.5, 0.6) is 0 Å². The van der Waals surface area contributed by atoms with Crippen molar-refractivity contribution in [1.29, 1.82) is 0 Å². The highest BCUT2D eigenvalue weighted by atomic mass is 32.1. The van der Waals surface area contributed by atoms with Gasteiger partial charge >= 0.3 is 0 Å². The van der Waals surface area contributed by atoms with Crippen molar-refractivity contribution in [3.8, 4) is 11.1 Å². The monoisotopic (exact) mass is 541 g/mol. The van der Waals surface area contributed by atoms with Gasteiger partial charge < -0.3 is 4.90 Å². The minimum atomic E-state index is 1.16. The lowest BCUT2D eigenvalue weighted by atomic mass is 9.93. The van der Waals surface area contributed by atoms with Gasteiger partial charge in [0.05, 0.1) is 5.69 Å². The summed E-state index contributed by atoms with van der Waals surface area (Å²) in [6.45, 7) is 2.21. The van der Waals surface area contributed by atoms with Crippen LogP contribution in [0.1, 0.15) is 5.56 Å². The van der Waals surface area contributed by atoms with Crippen molar-refractivity contribution < 1.29 is 0 Å². The number of nitrogens with zero attached hydrogens (tertiary/aromatic N) is 1. The van der Waals surface area contributed by atoms with Gasteiger partial charge in [-0.15, -0.1) is 11.3 Å². The second-order valence-electron chi connectivity index (χ2n) is 10.6. The van der Waals surface area contributed by atoms with Gasteiger partial charge in [-0.2, -0.15) is 0 Å². The molecule has 0 atom stereocenters. The van der Waals surface area contributed by atoms with Crippen molar-refractivity contribution >= 4 is 70.1 Å². The molecule has 2 heteroatoms. The van der Waals surface area contributed by atoms with E-state index in [4.69, 9.17) is 0 Å². The van der Waals surface area contributed by atoms with E-state index in [0.29, 0.717) is 0 Å². The van der Waals surface area contributed by atoms with Crippen molar-refractivity contribution in [2.45, 2.75) is 6.92 Å². The topological polar surface area (TPSA) is 3.24 Å². The second-order valence-corrected chi connectivity index (χ2v) is 11.7. The average Bonchev–Trinajstić information content (AvgIpc) is 3.40. The predicted molar refractivity (Wildman–Crippen MR) is 179 cm³/mol. The first-order valence-electron chi connectivity index (χ1n) is 14.0. The quantitative estimate of drug-likeness (QED) is 0.214. The van der Waals surface area contributed by atoms with E-state index in [-0.39, 0.29) is 0 Å². The maximum absolute atomic E-state index is 2.45. The van der Waals surface area contributed by atoms with Crippen molar-refractivity contribution in [3.05, 3.63) is 151 Å². The van der Waals surface area contributed by atoms with Gasteiger partial charge in [0.15, 0.2) is 0 Å². The second kappa shape index (κ2) is 9.62. The number of anilines is 3. The van der Waals surface area contributed by atoms with Gasteiger partial charge in [0.25, 0.3) is 0 Å². The van der Waals surface area contributed by atoms with Gasteiger partial charge in [0.2, 0.25) is 0 Å². The van der Waals surface area contributed by atoms with Crippen molar-refractivity contribution in [3.63, 3.8) is 0 Å². The van der Waals surface area contributed by atoms with Gasteiger partial charge in [-0.3, -0.25) is 0 Å². The molecule has 7 aromatic carbocycles. The Morgan fingerprint density at radius 2 is 1.15 bits per heavy atom. The summed E-state index contributed by atoms with van der Waals surface area (Å²) in [4.78, 5) is 2.45. The minimum Gasteiger partial charge on any atom is -0.310 e. The molecule has 0 N–H and O–H groups in total. The van der Waals surface area contributed by atoms with Crippen molar-refractivity contribution in [2.75, 3.05) is 4.90 Å². The molecular formula is C39H27NS. The molecule has 0 bridgehead atoms. The number of para-hydroxylation sites is 1. The van der Waals surface area contributed by atoms with Crippen molar-refractivity contribution in [2.24, 2.45) is 0 Å². The fourth-order valence-corrected chi connectivity index (χ4v) is 7.31. The first-order valence-corrected chi connectivity index (χ1v) is 14.8. The zero-order valence-corrected chi connectivity index (χ0v) is 23.5. The van der Waals surface area contributed by atoms with Crippen LogP contribution in [0.25, 0.3) is 52.8 Å². The minimum absolute atomic E-state index is 1.16. The molecule has 0 saturated heterocycles. The van der Waals surface area contributed by atoms with Crippen LogP contribution in [-0.4, -0.2) is 0 Å². The van der Waals surface area contributed by atoms with Crippen LogP contribution in [0.3, 0.4) is 0 Å². The summed E-state index contributed by atoms with van der Waals surface area (Å²) in [5.41, 5.74) is 7.22. The van der Waals surface area contributed by atoms with E-state index in [0.717, 1.165) is 5.69 Å². The Morgan fingerprint density at radius 1 is 0.463 bits per heavy atom. The lowest BCUT2D eigenvalue weighted by molar-refractivity contribution is 1.26. The van der Waals surface area contributed by atoms with Gasteiger partial charge in [-0.05, 0) is 76.0 Å². The molecule has 0 spiro atoms. The highest BCUT2D eigenvalue weighted by molar-refractivity contribution is 7.25. The van der Waals surface area contributed by atoms with E-state index >= 15 is 0 Å². The molecule has 0 saturated carbocycles. The lowest BCUT2D eigenvalue weighted by Crippen LogP contribution is -2.12. The highest BCUT2D eigenvalue weighted by Crippen LogP contribution is 2.47. The third kappa shape index (κ3) is 3.99. The molecule has 0 radical (unpaired) electrons. The van der Waals surface area contributed by atoms with Gasteiger partial charge in [-0.1, -0.05) is 109 Å². The van der Waals surface area contributed by atoms with Crippen LogP contribution in [-0.2, 0) is 0 Å². The standard InChI is InChI=1S/C39H27NS/c1-26-10-2-8-16-35(26)40(31-21-22-34-33-15-7-9-17-37(33)41-38(34)25-31)36-23-20-28-12-5-6-14-32(28)39(36)30-19-18-27-11-3-4-13-29(27)24-30/h2-25H,1H3. The summed E-state index contributed by atoms with van der Waals surface area (Å²) in [6.07, 6.45) is 0. The summed E-state index contributed by atoms with van der Waals surface area (Å²) in [7, 11) is 0. The summed E-state index contributed by atoms with van der Waals surface area (Å²) in [6, 6.07) is 53.2. The molecule has 41 heavy (non-hydrogen) atoms. The highest BCUT2D eigenvalue weighted by Gasteiger charge is 2.21. The van der Waals surface area contributed by atoms with Crippen molar-refractivity contribution in [1.82, 2.24) is 0 Å². The summed E-state index contributed by atoms with van der Waals surface area (Å²) >= 11 is 1.87. The fraction of sp³-hybridized carbons (Fsp3) is 0.0256. The molecule has 1 aromatic heterocycles. The molecule has 8 aromatic rings. The first-order chi connectivity index (χ1) is 20.2. The molecule has 0 fully saturated rings. The zero-order chi connectivity index (χ0) is 27.3. The molecule has 194 valence electrons. The van der Waals surface area contributed by atoms with Crippen LogP contribution in [0.15, 0.2) is 146 Å². The molecule has 0 aliphatic heterocycles. The van der Waals surface area contributed by atoms with E-state index in [1.54, 1.807) is 0 Å². The molecular weight excluding hydrogens is 515 g/mol. The smallest absolute Gasteiger partial charge is 0.0546 e. The summed E-state index contributed by atoms with van der Waals surface area (Å²) in [5.74, 6) is 0. The van der Waals surface area contributed by atoms with Crippen LogP contribution in [0, 0.1) is 6.92 Å². The fourth-order valence-electron chi connectivity index (χ4n) is 6.17. The Labute approximate surface area is 243 Å². The van der Waals surface area contributed by atoms with Crippen LogP contribution >= 0.6 is 11.3 Å². The van der Waals surface area contributed by atoms with Crippen LogP contribution in [0.4, 0.5) is 17.1 Å². The molecule has 1 nitrogen and oxygen atoms in total. The number of fused-ring (bicyclic) bond motifs is 5. The number of aryl methyl sites for hydroxylation is 1. The van der Waals surface area contributed by atoms with E-state index in [1.165, 1.54) is 69.8 Å². The van der Waals surface area contributed by atoms with Gasteiger partial charge in [-0.25, -0.2) is 0 Å². The van der Waals surface area contributed by atoms with E-state index in [1.807, 2.05) is 11.3 Å². The molecule has 8 rings (SSSR count).